The van der Waals surface area contributed by atoms with Crippen LogP contribution in [0.2, 0.25) is 0 Å². The Kier molecular flexibility index (Phi) is 9.39. The minimum Gasteiger partial charge on any atom is -0.437 e. The first-order chi connectivity index (χ1) is 14.9. The third kappa shape index (κ3) is 7.74. The molecule has 0 spiro atoms. The van der Waals surface area contributed by atoms with Gasteiger partial charge < -0.3 is 20.2 Å². The predicted octanol–water partition coefficient (Wildman–Crippen LogP) is 3.89. The number of aliphatic imine (C=N–C) groups is 1. The molecule has 0 aliphatic heterocycles. The molecule has 0 bridgehead atoms. The molecule has 0 radical (unpaired) electrons. The molecule has 0 unspecified atom stereocenters. The summed E-state index contributed by atoms with van der Waals surface area (Å²) in [5, 5.41) is 3.56. The molecule has 11 heteroatoms. The summed E-state index contributed by atoms with van der Waals surface area (Å²) in [5.74, 6) is -1.22. The number of likely N-dealkylation sites (N-methyl/N-ethyl adjacent to an activating group) is 1. The summed E-state index contributed by atoms with van der Waals surface area (Å²) in [6.45, 7) is 10.1. The molecule has 1 rings (SSSR count). The number of hydrogen-bond donors (Lipinski definition) is 1. The number of halogens is 3. The van der Waals surface area contributed by atoms with E-state index in [2.05, 4.69) is 28.4 Å². The smallest absolute Gasteiger partial charge is 0.420 e. The average molecular weight is 451 g/mol. The van der Waals surface area contributed by atoms with Crippen LogP contribution in [0.15, 0.2) is 64.6 Å². The van der Waals surface area contributed by atoms with Crippen LogP contribution >= 0.6 is 0 Å². The molecular formula is C21H24F3N5O3. The number of allylic oxidation sites excluding steroid dienone is 2. The molecule has 8 nitrogen and oxygen atoms in total. The summed E-state index contributed by atoms with van der Waals surface area (Å²) < 4.78 is 46.8. The second-order valence-electron chi connectivity index (χ2n) is 6.40. The van der Waals surface area contributed by atoms with Crippen LogP contribution in [0.5, 0.6) is 5.75 Å². The van der Waals surface area contributed by atoms with Gasteiger partial charge in [-0.05, 0) is 26.6 Å². The van der Waals surface area contributed by atoms with Gasteiger partial charge in [0, 0.05) is 43.6 Å². The summed E-state index contributed by atoms with van der Waals surface area (Å²) in [5.41, 5.74) is 4.21. The van der Waals surface area contributed by atoms with E-state index in [0.29, 0.717) is 5.57 Å². The van der Waals surface area contributed by atoms with E-state index in [1.54, 1.807) is 13.0 Å². The Hall–Kier alpha value is -3.89. The second kappa shape index (κ2) is 11.5. The number of rotatable bonds is 9. The molecule has 0 aliphatic carbocycles. The van der Waals surface area contributed by atoms with Gasteiger partial charge in [-0.3, -0.25) is 9.78 Å². The molecule has 1 heterocycles. The summed E-state index contributed by atoms with van der Waals surface area (Å²) in [6, 6.07) is 0. The lowest BCUT2D eigenvalue weighted by Gasteiger charge is -2.16. The number of nitrogens with two attached hydrogens (primary N) is 1. The zero-order chi connectivity index (χ0) is 24.5. The highest BCUT2D eigenvalue weighted by molar-refractivity contribution is 5.91. The highest BCUT2D eigenvalue weighted by Crippen LogP contribution is 2.39. The molecule has 1 aromatic rings. The van der Waals surface area contributed by atoms with Crippen LogP contribution in [0.4, 0.5) is 13.2 Å². The van der Waals surface area contributed by atoms with Gasteiger partial charge in [-0.2, -0.15) is 13.2 Å². The maximum atomic E-state index is 13.8. The van der Waals surface area contributed by atoms with Gasteiger partial charge in [0.15, 0.2) is 11.5 Å². The number of carbonyl (C=O) groups excluding carboxylic acids is 1. The Morgan fingerprint density at radius 2 is 1.97 bits per heavy atom. The van der Waals surface area contributed by atoms with Crippen molar-refractivity contribution in [2.24, 2.45) is 15.9 Å². The van der Waals surface area contributed by atoms with Crippen molar-refractivity contribution in [3.8, 4) is 5.75 Å². The van der Waals surface area contributed by atoms with Crippen molar-refractivity contribution in [1.82, 2.24) is 9.88 Å². The van der Waals surface area contributed by atoms with Crippen molar-refractivity contribution in [2.45, 2.75) is 20.0 Å². The number of carbonyl (C=O) groups is 1. The van der Waals surface area contributed by atoms with Crippen LogP contribution < -0.4 is 10.5 Å². The van der Waals surface area contributed by atoms with Crippen LogP contribution in [-0.2, 0) is 15.8 Å². The van der Waals surface area contributed by atoms with Gasteiger partial charge in [0.1, 0.15) is 11.4 Å². The molecule has 0 aromatic carbocycles. The van der Waals surface area contributed by atoms with Gasteiger partial charge >= 0.3 is 6.18 Å². The molecule has 0 atom stereocenters. The number of ether oxygens (including phenoxy) is 1. The van der Waals surface area contributed by atoms with E-state index >= 15 is 0 Å². The van der Waals surface area contributed by atoms with Gasteiger partial charge in [0.25, 0.3) is 0 Å². The fourth-order valence-corrected chi connectivity index (χ4v) is 2.13. The minimum atomic E-state index is -4.81. The first kappa shape index (κ1) is 26.1. The van der Waals surface area contributed by atoms with Crippen LogP contribution in [0, 0.1) is 0 Å². The quantitative estimate of drug-likeness (QED) is 0.153. The van der Waals surface area contributed by atoms with E-state index < -0.39 is 23.4 Å². The van der Waals surface area contributed by atoms with Crippen LogP contribution in [0.25, 0.3) is 6.08 Å². The zero-order valence-corrected chi connectivity index (χ0v) is 18.1. The Morgan fingerprint density at radius 1 is 1.31 bits per heavy atom. The molecule has 0 saturated carbocycles. The number of nitrogens with zero attached hydrogens (tertiary/aromatic N) is 4. The number of amides is 1. The van der Waals surface area contributed by atoms with Crippen molar-refractivity contribution in [3.05, 3.63) is 65.5 Å². The van der Waals surface area contributed by atoms with Crippen LogP contribution in [-0.4, -0.2) is 42.4 Å². The van der Waals surface area contributed by atoms with E-state index in [1.165, 1.54) is 32.0 Å². The third-order valence-corrected chi connectivity index (χ3v) is 3.65. The highest BCUT2D eigenvalue weighted by Gasteiger charge is 2.37. The molecular weight excluding hydrogens is 427 g/mol. The first-order valence-electron chi connectivity index (χ1n) is 9.04. The van der Waals surface area contributed by atoms with Crippen LogP contribution in [0.1, 0.15) is 25.0 Å². The third-order valence-electron chi connectivity index (χ3n) is 3.65. The molecule has 0 aliphatic rings. The predicted molar refractivity (Wildman–Crippen MR) is 117 cm³/mol. The van der Waals surface area contributed by atoms with Crippen molar-refractivity contribution in [2.75, 3.05) is 14.1 Å². The van der Waals surface area contributed by atoms with Gasteiger partial charge in [-0.25, -0.2) is 4.99 Å². The van der Waals surface area contributed by atoms with E-state index in [9.17, 15) is 18.0 Å². The minimum absolute atomic E-state index is 0.0510. The zero-order valence-electron chi connectivity index (χ0n) is 18.1. The molecule has 0 fully saturated rings. The number of aromatic nitrogens is 1. The van der Waals surface area contributed by atoms with Crippen molar-refractivity contribution < 1.29 is 27.5 Å². The molecule has 172 valence electrons. The number of oxime groups is 1. The van der Waals surface area contributed by atoms with Gasteiger partial charge in [0.2, 0.25) is 11.8 Å². The van der Waals surface area contributed by atoms with Crippen molar-refractivity contribution in [3.63, 3.8) is 0 Å². The van der Waals surface area contributed by atoms with Gasteiger partial charge in [-0.1, -0.05) is 17.8 Å². The number of alkyl halides is 3. The van der Waals surface area contributed by atoms with Gasteiger partial charge in [-0.15, -0.1) is 0 Å². The monoisotopic (exact) mass is 451 g/mol. The number of hydrogen-bond acceptors (Lipinski definition) is 6. The Bertz CT molecular complexity index is 989. The van der Waals surface area contributed by atoms with Crippen molar-refractivity contribution >= 4 is 24.5 Å². The van der Waals surface area contributed by atoms with Gasteiger partial charge in [0.05, 0.1) is 6.20 Å². The molecule has 1 amide bonds. The average Bonchev–Trinajstić information content (AvgIpc) is 2.71. The summed E-state index contributed by atoms with van der Waals surface area (Å²) in [6.07, 6.45) is 1.86. The Balaban J connectivity index is 3.39. The lowest BCUT2D eigenvalue weighted by atomic mass is 10.1. The molecule has 1 aromatic heterocycles. The fourth-order valence-electron chi connectivity index (χ4n) is 2.13. The Morgan fingerprint density at radius 3 is 2.47 bits per heavy atom. The van der Waals surface area contributed by atoms with E-state index in [4.69, 9.17) is 15.3 Å². The maximum absolute atomic E-state index is 13.8. The van der Waals surface area contributed by atoms with E-state index in [1.807, 2.05) is 0 Å². The van der Waals surface area contributed by atoms with E-state index in [0.717, 1.165) is 24.5 Å². The van der Waals surface area contributed by atoms with Crippen molar-refractivity contribution in [1.29, 1.82) is 0 Å². The second-order valence-corrected chi connectivity index (χ2v) is 6.40. The maximum Gasteiger partial charge on any atom is 0.420 e. The van der Waals surface area contributed by atoms with Crippen LogP contribution in [0.3, 0.4) is 0 Å². The topological polar surface area (TPSA) is 102 Å². The molecule has 0 saturated heterocycles. The Labute approximate surface area is 183 Å². The summed E-state index contributed by atoms with van der Waals surface area (Å²) in [7, 11) is 2.94. The first-order valence-corrected chi connectivity index (χ1v) is 9.04. The summed E-state index contributed by atoms with van der Waals surface area (Å²) in [4.78, 5) is 25.4. The standard InChI is InChI=1S/C21H24F3N5O3/c1-7-15(13(2)32-28-14(3)25)10-18(26-4)31-17-12-27-11-16(20(17)21(22,23)24)8-9-19(30)29(5)6/h7-12H,2,4H2,1,3,5-6H3,(H2,25,28)/b9-8+,15-7+,18-10+. The lowest BCUT2D eigenvalue weighted by Crippen LogP contribution is -2.18. The number of amidine groups is 1. The largest absolute Gasteiger partial charge is 0.437 e. The lowest BCUT2D eigenvalue weighted by molar-refractivity contribution is -0.139. The summed E-state index contributed by atoms with van der Waals surface area (Å²) >= 11 is 0. The molecule has 2 N–H and O–H groups in total. The SMILES string of the molecule is C=N/C(=C\C(=C/C)C(=C)O/N=C(/C)N)Oc1cncc(/C=C/C(=O)N(C)C)c1C(F)(F)F. The highest BCUT2D eigenvalue weighted by atomic mass is 19.4. The number of pyridine rings is 1. The fraction of sp³-hybridized carbons (Fsp3) is 0.238. The molecule has 32 heavy (non-hydrogen) atoms. The normalized spacial score (nSPS) is 13.2. The van der Waals surface area contributed by atoms with E-state index in [-0.39, 0.29) is 23.0 Å².